The Labute approximate surface area is 159 Å². The van der Waals surface area contributed by atoms with E-state index in [1.165, 1.54) is 12.3 Å². The van der Waals surface area contributed by atoms with Crippen LogP contribution in [0.2, 0.25) is 0 Å². The number of hydrogen-bond donors (Lipinski definition) is 1. The lowest BCUT2D eigenvalue weighted by molar-refractivity contribution is -0.134. The van der Waals surface area contributed by atoms with E-state index in [2.05, 4.69) is 21.2 Å². The van der Waals surface area contributed by atoms with Crippen molar-refractivity contribution in [2.75, 3.05) is 13.2 Å². The molecule has 136 valence electrons. The molecule has 0 unspecified atom stereocenters. The minimum atomic E-state index is -0.469. The molecule has 0 fully saturated rings. The molecule has 0 aliphatic carbocycles. The molecule has 0 radical (unpaired) electrons. The van der Waals surface area contributed by atoms with Crippen molar-refractivity contribution in [1.82, 2.24) is 5.32 Å². The first-order chi connectivity index (χ1) is 12.5. The molecule has 0 bridgehead atoms. The lowest BCUT2D eigenvalue weighted by Gasteiger charge is -2.13. The molecule has 1 aromatic heterocycles. The van der Waals surface area contributed by atoms with Crippen molar-refractivity contribution >= 4 is 27.8 Å². The molecule has 1 amide bonds. The van der Waals surface area contributed by atoms with E-state index < -0.39 is 5.97 Å². The fraction of sp³-hybridized carbons (Fsp3) is 0.278. The average molecular weight is 421 g/mol. The molecule has 1 aromatic carbocycles. The van der Waals surface area contributed by atoms with Gasteiger partial charge in [-0.2, -0.15) is 5.26 Å². The van der Waals surface area contributed by atoms with Crippen LogP contribution < -0.4 is 14.8 Å². The van der Waals surface area contributed by atoms with Crippen LogP contribution in [-0.2, 0) is 4.79 Å². The smallest absolute Gasteiger partial charge is 0.311 e. The van der Waals surface area contributed by atoms with Crippen molar-refractivity contribution < 1.29 is 23.5 Å². The van der Waals surface area contributed by atoms with Gasteiger partial charge in [-0.3, -0.25) is 9.59 Å². The lowest BCUT2D eigenvalue weighted by Crippen LogP contribution is -2.24. The van der Waals surface area contributed by atoms with Gasteiger partial charge in [-0.05, 0) is 47.5 Å². The molecular formula is C18H17BrN2O5. The summed E-state index contributed by atoms with van der Waals surface area (Å²) in [5.74, 6) is -0.0377. The second kappa shape index (κ2) is 9.63. The van der Waals surface area contributed by atoms with E-state index >= 15 is 0 Å². The van der Waals surface area contributed by atoms with Gasteiger partial charge in [0.05, 0.1) is 29.0 Å². The third-order valence-corrected chi connectivity index (χ3v) is 3.83. The number of carbonyl (C=O) groups is 2. The van der Waals surface area contributed by atoms with Crippen LogP contribution in [0.4, 0.5) is 0 Å². The molecule has 1 N–H and O–H groups in total. The summed E-state index contributed by atoms with van der Waals surface area (Å²) < 4.78 is 16.2. The largest absolute Gasteiger partial charge is 0.490 e. The number of nitrogens with zero attached hydrogens (tertiary/aromatic N) is 1. The Balaban J connectivity index is 1.87. The molecule has 0 aliphatic rings. The van der Waals surface area contributed by atoms with E-state index in [1.807, 2.05) is 6.07 Å². The molecular weight excluding hydrogens is 404 g/mol. The zero-order valence-corrected chi connectivity index (χ0v) is 15.7. The quantitative estimate of drug-likeness (QED) is 0.398. The fourth-order valence-electron chi connectivity index (χ4n) is 2.09. The lowest BCUT2D eigenvalue weighted by atomic mass is 10.2. The van der Waals surface area contributed by atoms with Gasteiger partial charge in [-0.1, -0.05) is 0 Å². The number of halogens is 1. The van der Waals surface area contributed by atoms with Gasteiger partial charge in [-0.15, -0.1) is 0 Å². The number of furan rings is 1. The van der Waals surface area contributed by atoms with Gasteiger partial charge >= 0.3 is 5.97 Å². The van der Waals surface area contributed by atoms with Gasteiger partial charge in [0.1, 0.15) is 0 Å². The Morgan fingerprint density at radius 2 is 2.19 bits per heavy atom. The van der Waals surface area contributed by atoms with E-state index in [1.54, 1.807) is 25.1 Å². The topological polar surface area (TPSA) is 102 Å². The predicted octanol–water partition coefficient (Wildman–Crippen LogP) is 3.43. The van der Waals surface area contributed by atoms with Crippen molar-refractivity contribution in [3.05, 3.63) is 46.3 Å². The molecule has 0 saturated carbocycles. The fourth-order valence-corrected chi connectivity index (χ4v) is 2.61. The second-order valence-electron chi connectivity index (χ2n) is 5.14. The van der Waals surface area contributed by atoms with E-state index in [4.69, 9.17) is 19.2 Å². The van der Waals surface area contributed by atoms with Gasteiger partial charge < -0.3 is 19.2 Å². The molecule has 0 aliphatic heterocycles. The number of esters is 1. The van der Waals surface area contributed by atoms with Crippen LogP contribution in [0.5, 0.6) is 11.5 Å². The number of amides is 1. The average Bonchev–Trinajstić information content (AvgIpc) is 3.16. The van der Waals surface area contributed by atoms with Crippen LogP contribution in [0, 0.1) is 11.3 Å². The molecule has 0 atom stereocenters. The summed E-state index contributed by atoms with van der Waals surface area (Å²) in [6.45, 7) is 2.46. The first-order valence-electron chi connectivity index (χ1n) is 7.94. The second-order valence-corrected chi connectivity index (χ2v) is 6.00. The molecule has 2 rings (SSSR count). The minimum absolute atomic E-state index is 0.108. The van der Waals surface area contributed by atoms with Gasteiger partial charge in [0.2, 0.25) is 0 Å². The predicted molar refractivity (Wildman–Crippen MR) is 95.9 cm³/mol. The molecule has 1 heterocycles. The highest BCUT2D eigenvalue weighted by molar-refractivity contribution is 9.10. The summed E-state index contributed by atoms with van der Waals surface area (Å²) >= 11 is 3.28. The maximum absolute atomic E-state index is 12.1. The molecule has 0 spiro atoms. The zero-order valence-electron chi connectivity index (χ0n) is 14.1. The van der Waals surface area contributed by atoms with Crippen LogP contribution >= 0.6 is 15.9 Å². The Hall–Kier alpha value is -2.79. The van der Waals surface area contributed by atoms with Crippen molar-refractivity contribution in [1.29, 1.82) is 5.26 Å². The number of rotatable bonds is 8. The highest BCUT2D eigenvalue weighted by Crippen LogP contribution is 2.37. The SMILES string of the molecule is CCOc1cc(C#N)cc(Br)c1OC(=O)CCCNC(=O)c1ccco1. The standard InChI is InChI=1S/C18H17BrN2O5/c1-2-24-15-10-12(11-20)9-13(19)17(15)26-16(22)6-3-7-21-18(23)14-5-4-8-25-14/h4-5,8-10H,2-3,6-7H2,1H3,(H,21,23). The van der Waals surface area contributed by atoms with Gasteiger partial charge in [0.25, 0.3) is 5.91 Å². The van der Waals surface area contributed by atoms with Crippen LogP contribution in [0.1, 0.15) is 35.9 Å². The maximum Gasteiger partial charge on any atom is 0.311 e. The number of nitriles is 1. The normalized spacial score (nSPS) is 10.0. The first kappa shape index (κ1) is 19.5. The van der Waals surface area contributed by atoms with Crippen LogP contribution in [0.3, 0.4) is 0 Å². The molecule has 2 aromatic rings. The van der Waals surface area contributed by atoms with Gasteiger partial charge in [0, 0.05) is 19.0 Å². The summed E-state index contributed by atoms with van der Waals surface area (Å²) in [4.78, 5) is 23.7. The molecule has 26 heavy (non-hydrogen) atoms. The van der Waals surface area contributed by atoms with Crippen molar-refractivity contribution in [3.63, 3.8) is 0 Å². The van der Waals surface area contributed by atoms with Crippen LogP contribution in [0.15, 0.2) is 39.4 Å². The third-order valence-electron chi connectivity index (χ3n) is 3.24. The Morgan fingerprint density at radius 3 is 2.85 bits per heavy atom. The van der Waals surface area contributed by atoms with E-state index in [9.17, 15) is 9.59 Å². The monoisotopic (exact) mass is 420 g/mol. The number of hydrogen-bond acceptors (Lipinski definition) is 6. The number of ether oxygens (including phenoxy) is 2. The van der Waals surface area contributed by atoms with E-state index in [0.717, 1.165) is 0 Å². The highest BCUT2D eigenvalue weighted by atomic mass is 79.9. The molecule has 7 nitrogen and oxygen atoms in total. The van der Waals surface area contributed by atoms with Crippen LogP contribution in [-0.4, -0.2) is 25.0 Å². The Morgan fingerprint density at radius 1 is 1.38 bits per heavy atom. The summed E-state index contributed by atoms with van der Waals surface area (Å²) in [6, 6.07) is 8.26. The number of benzene rings is 1. The highest BCUT2D eigenvalue weighted by Gasteiger charge is 2.16. The summed E-state index contributed by atoms with van der Waals surface area (Å²) in [6.07, 6.45) is 1.93. The Bertz CT molecular complexity index is 812. The Kier molecular flexibility index (Phi) is 7.24. The van der Waals surface area contributed by atoms with Crippen molar-refractivity contribution in [2.24, 2.45) is 0 Å². The van der Waals surface area contributed by atoms with E-state index in [0.29, 0.717) is 35.4 Å². The summed E-state index contributed by atoms with van der Waals surface area (Å²) in [5, 5.41) is 11.7. The summed E-state index contributed by atoms with van der Waals surface area (Å²) in [5.41, 5.74) is 0.390. The molecule has 8 heteroatoms. The number of nitrogens with one attached hydrogen (secondary N) is 1. The number of carbonyl (C=O) groups excluding carboxylic acids is 2. The third kappa shape index (κ3) is 5.36. The van der Waals surface area contributed by atoms with Gasteiger partial charge in [-0.25, -0.2) is 0 Å². The van der Waals surface area contributed by atoms with Crippen molar-refractivity contribution in [2.45, 2.75) is 19.8 Å². The van der Waals surface area contributed by atoms with Gasteiger partial charge in [0.15, 0.2) is 17.3 Å². The van der Waals surface area contributed by atoms with Crippen molar-refractivity contribution in [3.8, 4) is 17.6 Å². The van der Waals surface area contributed by atoms with Crippen LogP contribution in [0.25, 0.3) is 0 Å². The zero-order chi connectivity index (χ0) is 18.9. The minimum Gasteiger partial charge on any atom is -0.490 e. The maximum atomic E-state index is 12.1. The first-order valence-corrected chi connectivity index (χ1v) is 8.73. The van der Waals surface area contributed by atoms with E-state index in [-0.39, 0.29) is 23.8 Å². The molecule has 0 saturated heterocycles. The summed E-state index contributed by atoms with van der Waals surface area (Å²) in [7, 11) is 0.